The zero-order valence-corrected chi connectivity index (χ0v) is 16.9. The first-order valence-electron chi connectivity index (χ1n) is 8.17. The molecule has 0 aromatic carbocycles. The highest BCUT2D eigenvalue weighted by molar-refractivity contribution is 7.94. The number of halogens is 1. The Kier molecular flexibility index (Phi) is 8.94. The highest BCUT2D eigenvalue weighted by Crippen LogP contribution is 2.29. The van der Waals surface area contributed by atoms with Crippen LogP contribution in [-0.2, 0) is 14.1 Å². The van der Waals surface area contributed by atoms with Gasteiger partial charge in [0.25, 0.3) is 0 Å². The molecule has 0 aliphatic heterocycles. The van der Waals surface area contributed by atoms with E-state index in [9.17, 15) is 9.65 Å². The molecule has 1 rings (SSSR count). The largest absolute Gasteiger partial charge is 0.390 e. The van der Waals surface area contributed by atoms with Crippen LogP contribution in [0.2, 0.25) is 0 Å². The Morgan fingerprint density at radius 1 is 1.38 bits per heavy atom. The van der Waals surface area contributed by atoms with Crippen molar-refractivity contribution in [2.45, 2.75) is 76.9 Å². The summed E-state index contributed by atoms with van der Waals surface area (Å²) in [5.41, 5.74) is 0.732. The average molecular weight is 378 g/mol. The molecule has 1 aliphatic rings. The molecule has 0 bridgehead atoms. The summed E-state index contributed by atoms with van der Waals surface area (Å²) in [4.78, 5) is 10.6. The monoisotopic (exact) mass is 378 g/mol. The molecule has 1 aliphatic carbocycles. The van der Waals surface area contributed by atoms with Gasteiger partial charge in [0.15, 0.2) is 6.10 Å². The van der Waals surface area contributed by atoms with Crippen LogP contribution in [0.3, 0.4) is 0 Å². The fraction of sp³-hybridized carbons (Fsp3) is 0.875. The summed E-state index contributed by atoms with van der Waals surface area (Å²) in [6.45, 7) is 7.36. The summed E-state index contributed by atoms with van der Waals surface area (Å²) in [6.07, 6.45) is 2.93. The van der Waals surface area contributed by atoms with Crippen LogP contribution in [0.25, 0.3) is 0 Å². The van der Waals surface area contributed by atoms with Gasteiger partial charge in [-0.15, -0.1) is 0 Å². The molecule has 0 amide bonds. The van der Waals surface area contributed by atoms with Crippen molar-refractivity contribution < 1.29 is 18.4 Å². The second-order valence-corrected chi connectivity index (χ2v) is 9.25. The molecular weight excluding hydrogens is 350 g/mol. The molecule has 0 aromatic heterocycles. The van der Waals surface area contributed by atoms with Crippen molar-refractivity contribution in [3.8, 4) is 6.07 Å². The van der Waals surface area contributed by atoms with Crippen LogP contribution in [-0.4, -0.2) is 28.6 Å². The van der Waals surface area contributed by atoms with E-state index in [1.807, 2.05) is 20.8 Å². The minimum atomic E-state index is -1.31. The van der Waals surface area contributed by atoms with Gasteiger partial charge in [-0.3, -0.25) is 0 Å². The Morgan fingerprint density at radius 3 is 2.50 bits per heavy atom. The molecule has 5 nitrogen and oxygen atoms in total. The fourth-order valence-corrected chi connectivity index (χ4v) is 3.16. The number of hydrogen-bond acceptors (Lipinski definition) is 6. The summed E-state index contributed by atoms with van der Waals surface area (Å²) >= 11 is 1.03. The molecule has 0 saturated heterocycles. The highest BCUT2D eigenvalue weighted by atomic mass is 32.2. The maximum absolute atomic E-state index is 13.3. The highest BCUT2D eigenvalue weighted by Gasteiger charge is 2.28. The topological polar surface area (TPSA) is 63.8 Å². The van der Waals surface area contributed by atoms with E-state index < -0.39 is 11.5 Å². The summed E-state index contributed by atoms with van der Waals surface area (Å²) in [5, 5.41) is 12.2. The molecule has 0 radical (unpaired) electrons. The molecule has 3 unspecified atom stereocenters. The lowest BCUT2D eigenvalue weighted by Gasteiger charge is -2.26. The summed E-state index contributed by atoms with van der Waals surface area (Å²) < 4.78 is 18.3. The number of alkyl halides is 1. The minimum absolute atomic E-state index is 0.109. The normalized spacial score (nSPS) is 22.4. The third kappa shape index (κ3) is 9.78. The van der Waals surface area contributed by atoms with E-state index in [0.717, 1.165) is 43.4 Å². The van der Waals surface area contributed by atoms with E-state index in [1.54, 1.807) is 0 Å². The lowest BCUT2D eigenvalue weighted by molar-refractivity contribution is -0.228. The Morgan fingerprint density at radius 2 is 2.00 bits per heavy atom. The van der Waals surface area contributed by atoms with E-state index in [0.29, 0.717) is 12.2 Å². The summed E-state index contributed by atoms with van der Waals surface area (Å²) in [5.74, 6) is 0.567. The van der Waals surface area contributed by atoms with Gasteiger partial charge in [0, 0.05) is 23.7 Å². The Balaban J connectivity index is 2.29. The molecule has 1 saturated carbocycles. The smallest absolute Gasteiger partial charge is 0.183 e. The van der Waals surface area contributed by atoms with Gasteiger partial charge in [-0.25, -0.2) is 9.28 Å². The number of hydrogen-bond donors (Lipinski definition) is 0. The zero-order chi connectivity index (χ0) is 18.2. The molecule has 24 heavy (non-hydrogen) atoms. The van der Waals surface area contributed by atoms with Crippen molar-refractivity contribution in [1.82, 2.24) is 0 Å². The van der Waals surface area contributed by atoms with Crippen LogP contribution in [0, 0.1) is 17.2 Å². The molecule has 0 heterocycles. The van der Waals surface area contributed by atoms with Crippen LogP contribution in [0.4, 0.5) is 4.39 Å². The average Bonchev–Trinajstić information content (AvgIpc) is 2.48. The lowest BCUT2D eigenvalue weighted by atomic mass is 9.85. The second-order valence-electron chi connectivity index (χ2n) is 7.26. The van der Waals surface area contributed by atoms with E-state index in [4.69, 9.17) is 14.1 Å². The number of rotatable bonds is 8. The van der Waals surface area contributed by atoms with E-state index >= 15 is 0 Å². The van der Waals surface area contributed by atoms with Gasteiger partial charge in [0.05, 0.1) is 11.8 Å². The van der Waals surface area contributed by atoms with Crippen molar-refractivity contribution in [3.63, 3.8) is 0 Å². The number of oxime groups is 1. The van der Waals surface area contributed by atoms with E-state index in [1.165, 1.54) is 6.92 Å². The van der Waals surface area contributed by atoms with Gasteiger partial charge < -0.3 is 4.84 Å². The van der Waals surface area contributed by atoms with E-state index in [2.05, 4.69) is 20.5 Å². The van der Waals surface area contributed by atoms with Gasteiger partial charge in [-0.1, -0.05) is 14.4 Å². The van der Waals surface area contributed by atoms with Gasteiger partial charge in [-0.05, 0) is 59.8 Å². The number of nitrogens with zero attached hydrogens (tertiary/aromatic N) is 2. The Labute approximate surface area is 151 Å². The molecule has 0 aromatic rings. The van der Waals surface area contributed by atoms with Crippen molar-refractivity contribution in [1.29, 1.82) is 5.26 Å². The Hall–Kier alpha value is -0.410. The van der Waals surface area contributed by atoms with Crippen LogP contribution in [0.5, 0.6) is 0 Å². The fourth-order valence-electron chi connectivity index (χ4n) is 2.12. The predicted octanol–water partition coefficient (Wildman–Crippen LogP) is 4.79. The standard InChI is InChI=1S/C16H28FN2O3PS/c1-15(2,3)21-19-13-7-5-12(6-8-13)14(11-18)20-22-24-10-9-16(4,17)23/h12,14H,5-10,23H2,1-4H3. The van der Waals surface area contributed by atoms with Gasteiger partial charge >= 0.3 is 0 Å². The maximum Gasteiger partial charge on any atom is 0.183 e. The first-order chi connectivity index (χ1) is 11.1. The van der Waals surface area contributed by atoms with Gasteiger partial charge in [0.1, 0.15) is 11.0 Å². The molecule has 0 spiro atoms. The van der Waals surface area contributed by atoms with Crippen LogP contribution >= 0.6 is 21.3 Å². The molecule has 3 atom stereocenters. The summed E-state index contributed by atoms with van der Waals surface area (Å²) in [7, 11) is 2.14. The second kappa shape index (κ2) is 9.91. The van der Waals surface area contributed by atoms with E-state index in [-0.39, 0.29) is 11.5 Å². The van der Waals surface area contributed by atoms with Crippen molar-refractivity contribution in [2.75, 3.05) is 5.75 Å². The first kappa shape index (κ1) is 21.6. The third-order valence-electron chi connectivity index (χ3n) is 3.48. The van der Waals surface area contributed by atoms with Crippen LogP contribution < -0.4 is 0 Å². The molecule has 1 fully saturated rings. The van der Waals surface area contributed by atoms with Gasteiger partial charge in [0.2, 0.25) is 0 Å². The summed E-state index contributed by atoms with van der Waals surface area (Å²) in [6, 6.07) is 2.14. The molecular formula is C16H28FN2O3PS. The maximum atomic E-state index is 13.3. The molecule has 8 heteroatoms. The van der Waals surface area contributed by atoms with Crippen molar-refractivity contribution in [2.24, 2.45) is 11.1 Å². The number of nitriles is 1. The predicted molar refractivity (Wildman–Crippen MR) is 98.1 cm³/mol. The molecule has 138 valence electrons. The minimum Gasteiger partial charge on any atom is -0.390 e. The lowest BCUT2D eigenvalue weighted by Crippen LogP contribution is -2.27. The SMILES string of the molecule is CC(F)(P)CCSOOC(C#N)C1CCC(=NOC(C)(C)C)CC1. The Bertz CT molecular complexity index is 448. The van der Waals surface area contributed by atoms with Crippen molar-refractivity contribution >= 4 is 27.0 Å². The molecule has 0 N–H and O–H groups in total. The van der Waals surface area contributed by atoms with Gasteiger partial charge in [-0.2, -0.15) is 9.60 Å². The third-order valence-corrected chi connectivity index (χ3v) is 4.31. The van der Waals surface area contributed by atoms with Crippen LogP contribution in [0.1, 0.15) is 59.8 Å². The van der Waals surface area contributed by atoms with Crippen molar-refractivity contribution in [3.05, 3.63) is 0 Å². The van der Waals surface area contributed by atoms with Crippen LogP contribution in [0.15, 0.2) is 5.16 Å². The quantitative estimate of drug-likeness (QED) is 0.200. The first-order valence-corrected chi connectivity index (χ1v) is 9.66. The zero-order valence-electron chi connectivity index (χ0n) is 14.9.